The van der Waals surface area contributed by atoms with Crippen molar-refractivity contribution in [1.82, 2.24) is 14.7 Å². The summed E-state index contributed by atoms with van der Waals surface area (Å²) >= 11 is 0. The Kier molecular flexibility index (Phi) is 5.60. The minimum atomic E-state index is -0.358. The number of nitrogens with zero attached hydrogens (tertiary/aromatic N) is 3. The lowest BCUT2D eigenvalue weighted by atomic mass is 10.0. The Morgan fingerprint density at radius 2 is 1.67 bits per heavy atom. The summed E-state index contributed by atoms with van der Waals surface area (Å²) in [6.45, 7) is 6.23. The first-order valence-electron chi connectivity index (χ1n) is 10.6. The molecular weight excluding hydrogens is 386 g/mol. The zero-order valence-electron chi connectivity index (χ0n) is 17.4. The van der Waals surface area contributed by atoms with Gasteiger partial charge in [-0.3, -0.25) is 24.1 Å². The van der Waals surface area contributed by atoms with E-state index in [2.05, 4.69) is 0 Å². The molecule has 4 rings (SSSR count). The third kappa shape index (κ3) is 3.60. The molecule has 1 atom stereocenters. The molecule has 1 unspecified atom stereocenters. The Labute approximate surface area is 175 Å². The van der Waals surface area contributed by atoms with Crippen molar-refractivity contribution in [3.8, 4) is 0 Å². The van der Waals surface area contributed by atoms with Crippen molar-refractivity contribution < 1.29 is 23.9 Å². The molecule has 8 heteroatoms. The molecule has 0 bridgehead atoms. The van der Waals surface area contributed by atoms with Crippen LogP contribution in [0.15, 0.2) is 18.2 Å². The summed E-state index contributed by atoms with van der Waals surface area (Å²) in [6.07, 6.45) is 2.00. The maximum atomic E-state index is 13.1. The van der Waals surface area contributed by atoms with Crippen molar-refractivity contribution in [2.24, 2.45) is 0 Å². The van der Waals surface area contributed by atoms with E-state index in [-0.39, 0.29) is 41.3 Å². The number of hydrogen-bond donors (Lipinski definition) is 0. The second kappa shape index (κ2) is 8.18. The molecule has 160 valence electrons. The summed E-state index contributed by atoms with van der Waals surface area (Å²) in [7, 11) is 0. The summed E-state index contributed by atoms with van der Waals surface area (Å²) in [5.74, 6) is -0.851. The number of amides is 4. The van der Waals surface area contributed by atoms with Crippen LogP contribution in [0.1, 0.15) is 64.2 Å². The van der Waals surface area contributed by atoms with Crippen LogP contribution in [0, 0.1) is 0 Å². The van der Waals surface area contributed by atoms with Gasteiger partial charge in [-0.2, -0.15) is 0 Å². The fourth-order valence-corrected chi connectivity index (χ4v) is 4.36. The molecule has 8 nitrogen and oxygen atoms in total. The molecular formula is C22H27N3O5. The number of rotatable bonds is 3. The lowest BCUT2D eigenvalue weighted by Gasteiger charge is -2.24. The predicted molar refractivity (Wildman–Crippen MR) is 108 cm³/mol. The van der Waals surface area contributed by atoms with Gasteiger partial charge in [-0.1, -0.05) is 0 Å². The van der Waals surface area contributed by atoms with E-state index < -0.39 is 0 Å². The molecule has 3 aliphatic heterocycles. The largest absolute Gasteiger partial charge is 0.368 e. The van der Waals surface area contributed by atoms with E-state index in [1.54, 1.807) is 35.8 Å². The van der Waals surface area contributed by atoms with Crippen molar-refractivity contribution in [2.75, 3.05) is 32.8 Å². The van der Waals surface area contributed by atoms with Crippen LogP contribution in [-0.2, 0) is 9.53 Å². The Morgan fingerprint density at radius 1 is 0.967 bits per heavy atom. The summed E-state index contributed by atoms with van der Waals surface area (Å²) in [5.41, 5.74) is 1.01. The van der Waals surface area contributed by atoms with E-state index in [1.165, 1.54) is 11.0 Å². The standard InChI is InChI=1S/C22H27N3O5/c1-14(2)25-20(27)16-7-6-15(13-17(16)21(25)28)19(26)23-8-4-9-24(11-10-23)22(29)18-5-3-12-30-18/h6-7,13-14,18H,3-5,8-12H2,1-2H3. The molecule has 3 heterocycles. The molecule has 1 aromatic rings. The van der Waals surface area contributed by atoms with Crippen LogP contribution in [0.2, 0.25) is 0 Å². The maximum Gasteiger partial charge on any atom is 0.261 e. The van der Waals surface area contributed by atoms with Gasteiger partial charge in [-0.25, -0.2) is 0 Å². The van der Waals surface area contributed by atoms with Crippen LogP contribution in [0.25, 0.3) is 0 Å². The number of fused-ring (bicyclic) bond motifs is 1. The Morgan fingerprint density at radius 3 is 2.37 bits per heavy atom. The average Bonchev–Trinajstić information content (AvgIpc) is 3.26. The van der Waals surface area contributed by atoms with Gasteiger partial charge < -0.3 is 14.5 Å². The van der Waals surface area contributed by atoms with Crippen LogP contribution in [0.5, 0.6) is 0 Å². The molecule has 0 radical (unpaired) electrons. The molecule has 0 spiro atoms. The van der Waals surface area contributed by atoms with Gasteiger partial charge in [0.2, 0.25) is 0 Å². The van der Waals surface area contributed by atoms with Crippen molar-refractivity contribution in [3.05, 3.63) is 34.9 Å². The van der Waals surface area contributed by atoms with Gasteiger partial charge >= 0.3 is 0 Å². The molecule has 4 amide bonds. The SMILES string of the molecule is CC(C)N1C(=O)c2ccc(C(=O)N3CCCN(C(=O)C4CCCO4)CC3)cc2C1=O. The van der Waals surface area contributed by atoms with E-state index in [0.29, 0.717) is 50.3 Å². The zero-order valence-corrected chi connectivity index (χ0v) is 17.4. The highest BCUT2D eigenvalue weighted by atomic mass is 16.5. The number of hydrogen-bond acceptors (Lipinski definition) is 5. The second-order valence-corrected chi connectivity index (χ2v) is 8.31. The number of imide groups is 1. The van der Waals surface area contributed by atoms with E-state index in [0.717, 1.165) is 12.8 Å². The highest BCUT2D eigenvalue weighted by Gasteiger charge is 2.38. The highest BCUT2D eigenvalue weighted by molar-refractivity contribution is 6.22. The Hall–Kier alpha value is -2.74. The number of carbonyl (C=O) groups is 4. The fraction of sp³-hybridized carbons (Fsp3) is 0.545. The fourth-order valence-electron chi connectivity index (χ4n) is 4.36. The molecule has 0 N–H and O–H groups in total. The maximum absolute atomic E-state index is 13.1. The van der Waals surface area contributed by atoms with Crippen LogP contribution in [0.3, 0.4) is 0 Å². The summed E-state index contributed by atoms with van der Waals surface area (Å²) < 4.78 is 5.50. The molecule has 0 aromatic heterocycles. The second-order valence-electron chi connectivity index (χ2n) is 8.31. The molecule has 0 saturated carbocycles. The minimum Gasteiger partial charge on any atom is -0.368 e. The number of carbonyl (C=O) groups excluding carboxylic acids is 4. The molecule has 0 aliphatic carbocycles. The van der Waals surface area contributed by atoms with Crippen molar-refractivity contribution in [2.45, 2.75) is 45.3 Å². The van der Waals surface area contributed by atoms with Gasteiger partial charge in [0.25, 0.3) is 23.6 Å². The van der Waals surface area contributed by atoms with Crippen molar-refractivity contribution in [1.29, 1.82) is 0 Å². The zero-order chi connectivity index (χ0) is 21.4. The van der Waals surface area contributed by atoms with Gasteiger partial charge in [0.05, 0.1) is 11.1 Å². The number of ether oxygens (including phenoxy) is 1. The molecule has 1 aromatic carbocycles. The summed E-state index contributed by atoms with van der Waals surface area (Å²) in [5, 5.41) is 0. The molecule has 3 aliphatic rings. The van der Waals surface area contributed by atoms with E-state index in [4.69, 9.17) is 4.74 Å². The summed E-state index contributed by atoms with van der Waals surface area (Å²) in [4.78, 5) is 55.5. The normalized spacial score (nSPS) is 22.0. The van der Waals surface area contributed by atoms with Gasteiger partial charge in [-0.15, -0.1) is 0 Å². The monoisotopic (exact) mass is 413 g/mol. The van der Waals surface area contributed by atoms with Gasteiger partial charge in [0.15, 0.2) is 0 Å². The smallest absolute Gasteiger partial charge is 0.261 e. The average molecular weight is 413 g/mol. The van der Waals surface area contributed by atoms with Crippen molar-refractivity contribution in [3.63, 3.8) is 0 Å². The number of benzene rings is 1. The molecule has 2 fully saturated rings. The van der Waals surface area contributed by atoms with Crippen molar-refractivity contribution >= 4 is 23.6 Å². The van der Waals surface area contributed by atoms with Crippen LogP contribution < -0.4 is 0 Å². The lowest BCUT2D eigenvalue weighted by molar-refractivity contribution is -0.140. The third-order valence-electron chi connectivity index (χ3n) is 5.98. The van der Waals surface area contributed by atoms with E-state index in [9.17, 15) is 19.2 Å². The molecule has 2 saturated heterocycles. The van der Waals surface area contributed by atoms with E-state index >= 15 is 0 Å². The predicted octanol–water partition coefficient (Wildman–Crippen LogP) is 1.54. The first-order valence-corrected chi connectivity index (χ1v) is 10.6. The Balaban J connectivity index is 1.46. The van der Waals surface area contributed by atoms with Gasteiger partial charge in [0, 0.05) is 44.4 Å². The topological polar surface area (TPSA) is 87.2 Å². The summed E-state index contributed by atoms with van der Waals surface area (Å²) in [6, 6.07) is 4.46. The van der Waals surface area contributed by atoms with Gasteiger partial charge in [0.1, 0.15) is 6.10 Å². The highest BCUT2D eigenvalue weighted by Crippen LogP contribution is 2.26. The first kappa shape index (κ1) is 20.5. The minimum absolute atomic E-state index is 0.0113. The van der Waals surface area contributed by atoms with E-state index in [1.807, 2.05) is 0 Å². The van der Waals surface area contributed by atoms with Crippen LogP contribution in [0.4, 0.5) is 0 Å². The molecule has 30 heavy (non-hydrogen) atoms. The quantitative estimate of drug-likeness (QED) is 0.702. The van der Waals surface area contributed by atoms with Gasteiger partial charge in [-0.05, 0) is 51.3 Å². The van der Waals surface area contributed by atoms with Crippen LogP contribution in [-0.4, -0.2) is 83.3 Å². The first-order chi connectivity index (χ1) is 14.4. The Bertz CT molecular complexity index is 891. The third-order valence-corrected chi connectivity index (χ3v) is 5.98. The van der Waals surface area contributed by atoms with Crippen LogP contribution >= 0.6 is 0 Å². The lowest BCUT2D eigenvalue weighted by Crippen LogP contribution is -2.41.